The normalized spacial score (nSPS) is 9.50. The van der Waals surface area contributed by atoms with Crippen LogP contribution in [0.1, 0.15) is 5.56 Å². The zero-order valence-corrected chi connectivity index (χ0v) is 10.3. The van der Waals surface area contributed by atoms with Crippen LogP contribution in [0, 0.1) is 5.82 Å². The molecule has 0 aliphatic carbocycles. The highest BCUT2D eigenvalue weighted by Gasteiger charge is 2.18. The molecule has 4 nitrogen and oxygen atoms in total. The summed E-state index contributed by atoms with van der Waals surface area (Å²) in [5.41, 5.74) is 0.532. The van der Waals surface area contributed by atoms with E-state index >= 15 is 0 Å². The number of carbonyl (C=O) groups excluding carboxylic acids is 1. The Bertz CT molecular complexity index is 444. The first-order valence-electron chi connectivity index (χ1n) is 4.28. The molecule has 1 rings (SSSR count). The summed E-state index contributed by atoms with van der Waals surface area (Å²) < 4.78 is 23.8. The Balaban J connectivity index is 3.38. The molecule has 1 aromatic rings. The molecule has 0 spiro atoms. The highest BCUT2D eigenvalue weighted by molar-refractivity contribution is 9.10. The molecule has 6 heteroatoms. The van der Waals surface area contributed by atoms with Gasteiger partial charge in [0.25, 0.3) is 0 Å². The van der Waals surface area contributed by atoms with Gasteiger partial charge >= 0.3 is 0 Å². The zero-order valence-electron chi connectivity index (χ0n) is 8.71. The molecule has 0 aliphatic heterocycles. The molecule has 0 radical (unpaired) electrons. The lowest BCUT2D eigenvalue weighted by atomic mass is 10.2. The molecule has 0 aromatic heterocycles. The third-order valence-electron chi connectivity index (χ3n) is 1.95. The third kappa shape index (κ3) is 2.40. The summed E-state index contributed by atoms with van der Waals surface area (Å²) >= 11 is 3.17. The fourth-order valence-corrected chi connectivity index (χ4v) is 1.79. The fourth-order valence-electron chi connectivity index (χ4n) is 1.28. The largest absolute Gasteiger partial charge is 0.492 e. The summed E-state index contributed by atoms with van der Waals surface area (Å²) in [6.07, 6.45) is 1.41. The second-order valence-corrected chi connectivity index (χ2v) is 3.65. The minimum atomic E-state index is -0.551. The van der Waals surface area contributed by atoms with Crippen LogP contribution in [0.15, 0.2) is 15.5 Å². The van der Waals surface area contributed by atoms with Gasteiger partial charge in [0.1, 0.15) is 0 Å². The molecular formula is C10H9BrFNO3. The van der Waals surface area contributed by atoms with E-state index in [1.165, 1.54) is 26.4 Å². The van der Waals surface area contributed by atoms with Crippen LogP contribution in [0.4, 0.5) is 4.39 Å². The number of hydrogen-bond donors (Lipinski definition) is 0. The van der Waals surface area contributed by atoms with Gasteiger partial charge in [0, 0.05) is 10.0 Å². The molecule has 0 bridgehead atoms. The van der Waals surface area contributed by atoms with Crippen molar-refractivity contribution >= 4 is 22.0 Å². The van der Waals surface area contributed by atoms with Gasteiger partial charge in [-0.05, 0) is 6.07 Å². The van der Waals surface area contributed by atoms with E-state index in [0.717, 1.165) is 0 Å². The van der Waals surface area contributed by atoms with Crippen molar-refractivity contribution in [3.8, 4) is 11.5 Å². The second kappa shape index (κ2) is 5.63. The molecule has 0 unspecified atom stereocenters. The topological polar surface area (TPSA) is 47.9 Å². The number of isocyanates is 1. The predicted octanol–water partition coefficient (Wildman–Crippen LogP) is 2.44. The molecule has 0 amide bonds. The second-order valence-electron chi connectivity index (χ2n) is 2.79. The van der Waals surface area contributed by atoms with Crippen LogP contribution >= 0.6 is 15.9 Å². The predicted molar refractivity (Wildman–Crippen MR) is 59.0 cm³/mol. The number of rotatable bonds is 4. The Morgan fingerprint density at radius 3 is 2.56 bits per heavy atom. The molecule has 16 heavy (non-hydrogen) atoms. The Kier molecular flexibility index (Phi) is 4.46. The van der Waals surface area contributed by atoms with E-state index in [1.807, 2.05) is 0 Å². The van der Waals surface area contributed by atoms with Crippen LogP contribution < -0.4 is 9.47 Å². The van der Waals surface area contributed by atoms with E-state index in [9.17, 15) is 9.18 Å². The molecule has 0 saturated heterocycles. The van der Waals surface area contributed by atoms with Gasteiger partial charge < -0.3 is 9.47 Å². The smallest absolute Gasteiger partial charge is 0.235 e. The van der Waals surface area contributed by atoms with Gasteiger partial charge in [0.15, 0.2) is 17.3 Å². The first-order valence-corrected chi connectivity index (χ1v) is 5.07. The van der Waals surface area contributed by atoms with Crippen LogP contribution in [0.3, 0.4) is 0 Å². The van der Waals surface area contributed by atoms with E-state index in [-0.39, 0.29) is 18.0 Å². The average Bonchev–Trinajstić information content (AvgIpc) is 2.27. The molecular weight excluding hydrogens is 281 g/mol. The number of halogens is 2. The summed E-state index contributed by atoms with van der Waals surface area (Å²) in [6, 6.07) is 1.23. The van der Waals surface area contributed by atoms with Crippen molar-refractivity contribution in [3.05, 3.63) is 21.9 Å². The quantitative estimate of drug-likeness (QED) is 0.632. The SMILES string of the molecule is COc1c(F)cc(Br)c(CN=C=O)c1OC. The molecule has 1 aromatic carbocycles. The Morgan fingerprint density at radius 1 is 1.44 bits per heavy atom. The number of benzene rings is 1. The van der Waals surface area contributed by atoms with Crippen LogP contribution in [0.2, 0.25) is 0 Å². The Labute approximate surface area is 100 Å². The van der Waals surface area contributed by atoms with Crippen molar-refractivity contribution in [3.63, 3.8) is 0 Å². The summed E-state index contributed by atoms with van der Waals surface area (Å²) in [7, 11) is 2.72. The molecule has 86 valence electrons. The molecule has 0 aliphatic rings. The maximum absolute atomic E-state index is 13.5. The molecule has 0 saturated carbocycles. The zero-order chi connectivity index (χ0) is 12.1. The molecule has 0 heterocycles. The van der Waals surface area contributed by atoms with Crippen LogP contribution in [0.5, 0.6) is 11.5 Å². The summed E-state index contributed by atoms with van der Waals surface area (Å²) in [6.45, 7) is 0.0455. The monoisotopic (exact) mass is 289 g/mol. The van der Waals surface area contributed by atoms with Gasteiger partial charge in [-0.3, -0.25) is 0 Å². The van der Waals surface area contributed by atoms with Crippen LogP contribution in [0.25, 0.3) is 0 Å². The lowest BCUT2D eigenvalue weighted by molar-refractivity contribution is 0.334. The number of hydrogen-bond acceptors (Lipinski definition) is 4. The molecule has 0 N–H and O–H groups in total. The Hall–Kier alpha value is -1.39. The van der Waals surface area contributed by atoms with Crippen LogP contribution in [-0.4, -0.2) is 20.3 Å². The first-order chi connectivity index (χ1) is 7.65. The van der Waals surface area contributed by atoms with Crippen molar-refractivity contribution in [2.75, 3.05) is 14.2 Å². The number of aliphatic imine (C=N–C) groups is 1. The highest BCUT2D eigenvalue weighted by Crippen LogP contribution is 2.38. The maximum atomic E-state index is 13.5. The Morgan fingerprint density at radius 2 is 2.06 bits per heavy atom. The van der Waals surface area contributed by atoms with Crippen molar-refractivity contribution in [1.29, 1.82) is 0 Å². The van der Waals surface area contributed by atoms with Gasteiger partial charge in [-0.2, -0.15) is 0 Å². The van der Waals surface area contributed by atoms with Crippen LogP contribution in [-0.2, 0) is 11.3 Å². The van der Waals surface area contributed by atoms with E-state index in [2.05, 4.69) is 20.9 Å². The average molecular weight is 290 g/mol. The van der Waals surface area contributed by atoms with E-state index in [4.69, 9.17) is 9.47 Å². The van der Waals surface area contributed by atoms with Gasteiger partial charge in [0.2, 0.25) is 6.08 Å². The third-order valence-corrected chi connectivity index (χ3v) is 2.66. The van der Waals surface area contributed by atoms with Crippen molar-refractivity contribution in [2.24, 2.45) is 4.99 Å². The lowest BCUT2D eigenvalue weighted by Crippen LogP contribution is -1.99. The standard InChI is InChI=1S/C10H9BrFNO3/c1-15-9-6(4-13-5-14)7(11)3-8(12)10(9)16-2/h3H,4H2,1-2H3. The van der Waals surface area contributed by atoms with Gasteiger partial charge in [0.05, 0.1) is 20.8 Å². The molecule has 0 fully saturated rings. The van der Waals surface area contributed by atoms with E-state index < -0.39 is 5.82 Å². The minimum absolute atomic E-state index is 0.0122. The van der Waals surface area contributed by atoms with Gasteiger partial charge in [-0.25, -0.2) is 14.2 Å². The first kappa shape index (κ1) is 12.7. The number of ether oxygens (including phenoxy) is 2. The summed E-state index contributed by atoms with van der Waals surface area (Å²) in [4.78, 5) is 13.5. The molecule has 0 atom stereocenters. The minimum Gasteiger partial charge on any atom is -0.492 e. The van der Waals surface area contributed by atoms with Crippen molar-refractivity contribution in [2.45, 2.75) is 6.54 Å². The highest BCUT2D eigenvalue weighted by atomic mass is 79.9. The number of methoxy groups -OCH3 is 2. The van der Waals surface area contributed by atoms with Crippen molar-refractivity contribution < 1.29 is 18.7 Å². The van der Waals surface area contributed by atoms with Crippen molar-refractivity contribution in [1.82, 2.24) is 0 Å². The number of nitrogens with zero attached hydrogens (tertiary/aromatic N) is 1. The maximum Gasteiger partial charge on any atom is 0.235 e. The van der Waals surface area contributed by atoms with Gasteiger partial charge in [-0.1, -0.05) is 15.9 Å². The summed E-state index contributed by atoms with van der Waals surface area (Å²) in [5, 5.41) is 0. The fraction of sp³-hybridized carbons (Fsp3) is 0.300. The van der Waals surface area contributed by atoms with E-state index in [0.29, 0.717) is 10.0 Å². The van der Waals surface area contributed by atoms with E-state index in [1.54, 1.807) is 0 Å². The van der Waals surface area contributed by atoms with Gasteiger partial charge in [-0.15, -0.1) is 0 Å². The summed E-state index contributed by atoms with van der Waals surface area (Å²) in [5.74, 6) is -0.347. The lowest BCUT2D eigenvalue weighted by Gasteiger charge is -2.13.